The van der Waals surface area contributed by atoms with Crippen LogP contribution in [0.25, 0.3) is 10.9 Å². The Bertz CT molecular complexity index is 1110. The highest BCUT2D eigenvalue weighted by atomic mass is 32.2. The molecule has 1 aliphatic heterocycles. The fourth-order valence-electron chi connectivity index (χ4n) is 3.61. The summed E-state index contributed by atoms with van der Waals surface area (Å²) < 4.78 is 32.4. The second kappa shape index (κ2) is 7.02. The molecular formula is C18H21N5O4S. The first kappa shape index (κ1) is 18.6. The minimum absolute atomic E-state index is 0.0963. The summed E-state index contributed by atoms with van der Waals surface area (Å²) in [5, 5.41) is 14.3. The highest BCUT2D eigenvalue weighted by Crippen LogP contribution is 2.28. The molecule has 0 aliphatic carbocycles. The van der Waals surface area contributed by atoms with Gasteiger partial charge >= 0.3 is 0 Å². The van der Waals surface area contributed by atoms with Gasteiger partial charge in [0.15, 0.2) is 5.76 Å². The second-order valence-corrected chi connectivity index (χ2v) is 8.89. The maximum Gasteiger partial charge on any atom is 0.248 e. The molecule has 0 saturated carbocycles. The second-order valence-electron chi connectivity index (χ2n) is 7.02. The van der Waals surface area contributed by atoms with Gasteiger partial charge in [0.2, 0.25) is 15.9 Å². The third-order valence-corrected chi connectivity index (χ3v) is 7.14. The van der Waals surface area contributed by atoms with Gasteiger partial charge in [-0.2, -0.15) is 9.40 Å². The van der Waals surface area contributed by atoms with Crippen molar-refractivity contribution >= 4 is 32.5 Å². The molecule has 0 spiro atoms. The predicted molar refractivity (Wildman–Crippen MR) is 102 cm³/mol. The normalized spacial score (nSPS) is 18.4. The van der Waals surface area contributed by atoms with Gasteiger partial charge in [-0.25, -0.2) is 8.42 Å². The van der Waals surface area contributed by atoms with Crippen LogP contribution in [-0.2, 0) is 14.8 Å². The Labute approximate surface area is 162 Å². The van der Waals surface area contributed by atoms with E-state index in [1.54, 1.807) is 26.1 Å². The molecule has 1 unspecified atom stereocenters. The zero-order valence-electron chi connectivity index (χ0n) is 15.6. The van der Waals surface area contributed by atoms with Crippen molar-refractivity contribution in [2.75, 3.05) is 18.4 Å². The van der Waals surface area contributed by atoms with E-state index in [-0.39, 0.29) is 23.1 Å². The molecule has 1 saturated heterocycles. The van der Waals surface area contributed by atoms with E-state index in [9.17, 15) is 13.2 Å². The fraction of sp³-hybridized carbons (Fsp3) is 0.389. The molecule has 3 heterocycles. The number of piperidine rings is 1. The summed E-state index contributed by atoms with van der Waals surface area (Å²) in [4.78, 5) is 12.8. The topological polar surface area (TPSA) is 121 Å². The number of carbonyl (C=O) groups is 1. The summed E-state index contributed by atoms with van der Waals surface area (Å²) >= 11 is 0. The van der Waals surface area contributed by atoms with Crippen molar-refractivity contribution in [3.8, 4) is 0 Å². The number of nitrogens with one attached hydrogen (secondary N) is 2. The molecule has 2 aromatic heterocycles. The van der Waals surface area contributed by atoms with Crippen LogP contribution in [0.15, 0.2) is 33.8 Å². The fourth-order valence-corrected chi connectivity index (χ4v) is 5.43. The Morgan fingerprint density at radius 1 is 1.36 bits per heavy atom. The first-order valence-corrected chi connectivity index (χ1v) is 10.5. The maximum atomic E-state index is 13.0. The summed E-state index contributed by atoms with van der Waals surface area (Å²) in [7, 11) is -3.76. The quantitative estimate of drug-likeness (QED) is 0.689. The number of sulfonamides is 1. The molecule has 148 valence electrons. The van der Waals surface area contributed by atoms with Crippen LogP contribution in [0.1, 0.15) is 24.3 Å². The SMILES string of the molecule is Cc1noc(C)c1S(=O)(=O)N1CCCC(C(=O)Nc2ccc3[nH]ncc3c2)C1. The van der Waals surface area contributed by atoms with Gasteiger partial charge in [-0.3, -0.25) is 9.89 Å². The van der Waals surface area contributed by atoms with Gasteiger partial charge in [0, 0.05) is 24.2 Å². The molecule has 1 amide bonds. The largest absolute Gasteiger partial charge is 0.360 e. The predicted octanol–water partition coefficient (Wildman–Crippen LogP) is 2.21. The Balaban J connectivity index is 1.50. The summed E-state index contributed by atoms with van der Waals surface area (Å²) in [6.45, 7) is 3.68. The van der Waals surface area contributed by atoms with E-state index < -0.39 is 15.9 Å². The molecule has 0 bridgehead atoms. The molecule has 2 N–H and O–H groups in total. The third kappa shape index (κ3) is 3.29. The van der Waals surface area contributed by atoms with Crippen LogP contribution >= 0.6 is 0 Å². The van der Waals surface area contributed by atoms with E-state index in [2.05, 4.69) is 20.7 Å². The van der Waals surface area contributed by atoms with Gasteiger partial charge in [-0.1, -0.05) is 5.16 Å². The van der Waals surface area contributed by atoms with Crippen molar-refractivity contribution in [3.63, 3.8) is 0 Å². The Kier molecular flexibility index (Phi) is 4.68. The number of hydrogen-bond donors (Lipinski definition) is 2. The lowest BCUT2D eigenvalue weighted by Gasteiger charge is -2.31. The third-order valence-electron chi connectivity index (χ3n) is 5.03. The van der Waals surface area contributed by atoms with Gasteiger partial charge in [-0.05, 0) is 44.9 Å². The van der Waals surface area contributed by atoms with Gasteiger partial charge in [-0.15, -0.1) is 0 Å². The average molecular weight is 403 g/mol. The number of rotatable bonds is 4. The van der Waals surface area contributed by atoms with E-state index in [0.717, 1.165) is 10.9 Å². The number of fused-ring (bicyclic) bond motifs is 1. The number of carbonyl (C=O) groups excluding carboxylic acids is 1. The molecule has 10 heteroatoms. The number of anilines is 1. The van der Waals surface area contributed by atoms with Gasteiger partial charge in [0.1, 0.15) is 10.6 Å². The van der Waals surface area contributed by atoms with Crippen LogP contribution in [0, 0.1) is 19.8 Å². The minimum atomic E-state index is -3.76. The first-order chi connectivity index (χ1) is 13.4. The number of nitrogens with zero attached hydrogens (tertiary/aromatic N) is 3. The number of hydrogen-bond acceptors (Lipinski definition) is 6. The van der Waals surface area contributed by atoms with Crippen LogP contribution in [0.4, 0.5) is 5.69 Å². The van der Waals surface area contributed by atoms with Crippen LogP contribution in [-0.4, -0.2) is 47.1 Å². The Morgan fingerprint density at radius 3 is 2.93 bits per heavy atom. The molecule has 9 nitrogen and oxygen atoms in total. The van der Waals surface area contributed by atoms with Crippen molar-refractivity contribution in [1.29, 1.82) is 0 Å². The molecule has 1 fully saturated rings. The standard InChI is InChI=1S/C18H21N5O4S/c1-11-17(12(2)27-22-11)28(25,26)23-7-3-4-13(10-23)18(24)20-15-5-6-16-14(8-15)9-19-21-16/h5-6,8-9,13H,3-4,7,10H2,1-2H3,(H,19,21)(H,20,24). The van der Waals surface area contributed by atoms with Crippen molar-refractivity contribution in [1.82, 2.24) is 19.7 Å². The van der Waals surface area contributed by atoms with E-state index in [1.807, 2.05) is 12.1 Å². The van der Waals surface area contributed by atoms with E-state index >= 15 is 0 Å². The van der Waals surface area contributed by atoms with Crippen LogP contribution in [0.5, 0.6) is 0 Å². The number of amides is 1. The summed E-state index contributed by atoms with van der Waals surface area (Å²) in [6.07, 6.45) is 2.93. The molecule has 1 aliphatic rings. The average Bonchev–Trinajstić information content (AvgIpc) is 3.27. The molecule has 28 heavy (non-hydrogen) atoms. The molecule has 1 aromatic carbocycles. The van der Waals surface area contributed by atoms with Crippen molar-refractivity contribution < 1.29 is 17.7 Å². The highest BCUT2D eigenvalue weighted by Gasteiger charge is 2.36. The van der Waals surface area contributed by atoms with E-state index in [1.165, 1.54) is 4.31 Å². The molecule has 0 radical (unpaired) electrons. The highest BCUT2D eigenvalue weighted by molar-refractivity contribution is 7.89. The van der Waals surface area contributed by atoms with Gasteiger partial charge < -0.3 is 9.84 Å². The number of aryl methyl sites for hydroxylation is 2. The molecule has 3 aromatic rings. The minimum Gasteiger partial charge on any atom is -0.360 e. The molecule has 4 rings (SSSR count). The van der Waals surface area contributed by atoms with Crippen LogP contribution < -0.4 is 5.32 Å². The van der Waals surface area contributed by atoms with Gasteiger partial charge in [0.25, 0.3) is 0 Å². The van der Waals surface area contributed by atoms with Crippen molar-refractivity contribution in [2.45, 2.75) is 31.6 Å². The first-order valence-electron chi connectivity index (χ1n) is 9.03. The van der Waals surface area contributed by atoms with Crippen LogP contribution in [0.2, 0.25) is 0 Å². The summed E-state index contributed by atoms with van der Waals surface area (Å²) in [6, 6.07) is 5.46. The monoisotopic (exact) mass is 403 g/mol. The Morgan fingerprint density at radius 2 is 2.18 bits per heavy atom. The number of aromatic amines is 1. The molecule has 1 atom stereocenters. The lowest BCUT2D eigenvalue weighted by molar-refractivity contribution is -0.120. The Hall–Kier alpha value is -2.72. The number of benzene rings is 1. The van der Waals surface area contributed by atoms with E-state index in [0.29, 0.717) is 30.8 Å². The van der Waals surface area contributed by atoms with Gasteiger partial charge in [0.05, 0.1) is 17.6 Å². The van der Waals surface area contributed by atoms with E-state index in [4.69, 9.17) is 4.52 Å². The summed E-state index contributed by atoms with van der Waals surface area (Å²) in [5.41, 5.74) is 1.87. The zero-order chi connectivity index (χ0) is 19.9. The molecular weight excluding hydrogens is 382 g/mol. The lowest BCUT2D eigenvalue weighted by atomic mass is 9.98. The summed E-state index contributed by atoms with van der Waals surface area (Å²) in [5.74, 6) is -0.358. The smallest absolute Gasteiger partial charge is 0.248 e. The number of H-pyrrole nitrogens is 1. The maximum absolute atomic E-state index is 13.0. The lowest BCUT2D eigenvalue weighted by Crippen LogP contribution is -2.43. The zero-order valence-corrected chi connectivity index (χ0v) is 16.4. The number of aromatic nitrogens is 3. The van der Waals surface area contributed by atoms with Crippen molar-refractivity contribution in [2.24, 2.45) is 5.92 Å². The van der Waals surface area contributed by atoms with Crippen molar-refractivity contribution in [3.05, 3.63) is 35.9 Å². The van der Waals surface area contributed by atoms with Crippen LogP contribution in [0.3, 0.4) is 0 Å².